The summed E-state index contributed by atoms with van der Waals surface area (Å²) in [5.74, 6) is 0.183. The van der Waals surface area contributed by atoms with Crippen LogP contribution in [0, 0.1) is 6.92 Å². The number of amides is 2. The van der Waals surface area contributed by atoms with E-state index in [9.17, 15) is 18.0 Å². The lowest BCUT2D eigenvalue weighted by Gasteiger charge is -2.20. The lowest BCUT2D eigenvalue weighted by Crippen LogP contribution is -2.35. The summed E-state index contributed by atoms with van der Waals surface area (Å²) in [6.07, 6.45) is 1.39. The average Bonchev–Trinajstić information content (AvgIpc) is 3.13. The fraction of sp³-hybridized carbons (Fsp3) is 0.333. The molecule has 9 heteroatoms. The quantitative estimate of drug-likeness (QED) is 0.726. The van der Waals surface area contributed by atoms with E-state index in [4.69, 9.17) is 4.74 Å². The summed E-state index contributed by atoms with van der Waals surface area (Å²) in [4.78, 5) is 26.2. The van der Waals surface area contributed by atoms with Crippen LogP contribution in [0.3, 0.4) is 0 Å². The number of likely N-dealkylation sites (N-methyl/N-ethyl adjacent to an activating group) is 1. The zero-order valence-electron chi connectivity index (χ0n) is 17.2. The molecule has 3 rings (SSSR count). The van der Waals surface area contributed by atoms with E-state index in [0.717, 1.165) is 22.0 Å². The van der Waals surface area contributed by atoms with Crippen molar-refractivity contribution in [2.75, 3.05) is 37.5 Å². The summed E-state index contributed by atoms with van der Waals surface area (Å²) < 4.78 is 31.4. The minimum Gasteiger partial charge on any atom is -0.497 e. The Morgan fingerprint density at radius 1 is 1.20 bits per heavy atom. The third-order valence-corrected chi connectivity index (χ3v) is 6.80. The van der Waals surface area contributed by atoms with Gasteiger partial charge >= 0.3 is 0 Å². The number of rotatable bonds is 7. The molecule has 2 amide bonds. The van der Waals surface area contributed by atoms with E-state index in [1.165, 1.54) is 26.3 Å². The lowest BCUT2D eigenvalue weighted by molar-refractivity contribution is -0.117. The molecule has 0 unspecified atom stereocenters. The molecule has 0 radical (unpaired) electrons. The van der Waals surface area contributed by atoms with E-state index in [-0.39, 0.29) is 17.3 Å². The van der Waals surface area contributed by atoms with Gasteiger partial charge in [-0.05, 0) is 61.4 Å². The van der Waals surface area contributed by atoms with Crippen LogP contribution in [0.4, 0.5) is 11.4 Å². The van der Waals surface area contributed by atoms with Crippen molar-refractivity contribution < 1.29 is 22.7 Å². The molecule has 30 heavy (non-hydrogen) atoms. The van der Waals surface area contributed by atoms with Gasteiger partial charge in [-0.25, -0.2) is 8.42 Å². The Labute approximate surface area is 176 Å². The molecular formula is C21H25N3O5S. The lowest BCUT2D eigenvalue weighted by atomic mass is 10.1. The van der Waals surface area contributed by atoms with Crippen molar-refractivity contribution in [3.63, 3.8) is 0 Å². The Morgan fingerprint density at radius 3 is 2.47 bits per heavy atom. The highest BCUT2D eigenvalue weighted by molar-refractivity contribution is 7.89. The Morgan fingerprint density at radius 2 is 1.90 bits per heavy atom. The Kier molecular flexibility index (Phi) is 6.42. The molecular weight excluding hydrogens is 406 g/mol. The highest BCUT2D eigenvalue weighted by Crippen LogP contribution is 2.27. The van der Waals surface area contributed by atoms with Gasteiger partial charge in [-0.15, -0.1) is 0 Å². The van der Waals surface area contributed by atoms with E-state index in [0.29, 0.717) is 24.4 Å². The number of anilines is 2. The van der Waals surface area contributed by atoms with Gasteiger partial charge in [0.25, 0.3) is 0 Å². The third kappa shape index (κ3) is 4.63. The normalized spacial score (nSPS) is 14.3. The van der Waals surface area contributed by atoms with Gasteiger partial charge in [0.05, 0.1) is 18.6 Å². The Balaban J connectivity index is 1.65. The van der Waals surface area contributed by atoms with Crippen LogP contribution in [0.1, 0.15) is 18.4 Å². The topological polar surface area (TPSA) is 96.0 Å². The molecule has 2 aromatic rings. The molecule has 2 aromatic carbocycles. The highest BCUT2D eigenvalue weighted by atomic mass is 32.2. The molecule has 8 nitrogen and oxygen atoms in total. The van der Waals surface area contributed by atoms with Crippen molar-refractivity contribution in [3.05, 3.63) is 48.0 Å². The van der Waals surface area contributed by atoms with Crippen molar-refractivity contribution in [2.24, 2.45) is 0 Å². The Hall–Kier alpha value is -2.91. The van der Waals surface area contributed by atoms with Crippen LogP contribution in [-0.4, -0.2) is 51.8 Å². The third-order valence-electron chi connectivity index (χ3n) is 4.98. The molecule has 0 bridgehead atoms. The van der Waals surface area contributed by atoms with Crippen LogP contribution in [0.2, 0.25) is 0 Å². The maximum absolute atomic E-state index is 12.7. The minimum absolute atomic E-state index is 0.0778. The predicted octanol–water partition coefficient (Wildman–Crippen LogP) is 2.39. The van der Waals surface area contributed by atoms with E-state index in [1.54, 1.807) is 35.2 Å². The standard InChI is InChI=1S/C21H25N3O5S/c1-15-13-16(6-11-19(15)24-12-4-5-21(24)26)22-20(25)14-23(2)30(27,28)18-9-7-17(29-3)8-10-18/h6-11,13H,4-5,12,14H2,1-3H3,(H,22,25). The molecule has 0 spiro atoms. The molecule has 1 N–H and O–H groups in total. The highest BCUT2D eigenvalue weighted by Gasteiger charge is 2.24. The molecule has 160 valence electrons. The monoisotopic (exact) mass is 431 g/mol. The summed E-state index contributed by atoms with van der Waals surface area (Å²) >= 11 is 0. The van der Waals surface area contributed by atoms with Crippen molar-refractivity contribution in [3.8, 4) is 5.75 Å². The van der Waals surface area contributed by atoms with Gasteiger partial charge in [0.1, 0.15) is 5.75 Å². The molecule has 1 saturated heterocycles. The second-order valence-corrected chi connectivity index (χ2v) is 9.18. The molecule has 0 saturated carbocycles. The first-order valence-corrected chi connectivity index (χ1v) is 11.0. The van der Waals surface area contributed by atoms with E-state index < -0.39 is 15.9 Å². The number of nitrogens with zero attached hydrogens (tertiary/aromatic N) is 2. The molecule has 1 aliphatic heterocycles. The summed E-state index contributed by atoms with van der Waals surface area (Å²) in [6, 6.07) is 11.3. The van der Waals surface area contributed by atoms with Gasteiger partial charge in [-0.1, -0.05) is 0 Å². The number of aryl methyl sites for hydroxylation is 1. The molecule has 1 fully saturated rings. The zero-order valence-corrected chi connectivity index (χ0v) is 18.0. The number of ether oxygens (including phenoxy) is 1. The van der Waals surface area contributed by atoms with Gasteiger partial charge in [0.15, 0.2) is 0 Å². The van der Waals surface area contributed by atoms with Gasteiger partial charge in [0.2, 0.25) is 21.8 Å². The number of sulfonamides is 1. The number of hydrogen-bond acceptors (Lipinski definition) is 5. The van der Waals surface area contributed by atoms with Gasteiger partial charge in [0, 0.05) is 31.4 Å². The number of hydrogen-bond donors (Lipinski definition) is 1. The van der Waals surface area contributed by atoms with Crippen molar-refractivity contribution in [1.82, 2.24) is 4.31 Å². The first-order valence-electron chi connectivity index (χ1n) is 9.53. The predicted molar refractivity (Wildman–Crippen MR) is 114 cm³/mol. The maximum Gasteiger partial charge on any atom is 0.243 e. The first kappa shape index (κ1) is 21.8. The minimum atomic E-state index is -3.81. The number of carbonyl (C=O) groups is 2. The van der Waals surface area contributed by atoms with E-state index in [2.05, 4.69) is 5.32 Å². The van der Waals surface area contributed by atoms with Crippen LogP contribution in [0.15, 0.2) is 47.4 Å². The SMILES string of the molecule is COc1ccc(S(=O)(=O)N(C)CC(=O)Nc2ccc(N3CCCC3=O)c(C)c2)cc1. The maximum atomic E-state index is 12.7. The van der Waals surface area contributed by atoms with Gasteiger partial charge in [-0.3, -0.25) is 9.59 Å². The fourth-order valence-corrected chi connectivity index (χ4v) is 4.48. The van der Waals surface area contributed by atoms with Crippen LogP contribution in [0.5, 0.6) is 5.75 Å². The number of nitrogens with one attached hydrogen (secondary N) is 1. The van der Waals surface area contributed by atoms with E-state index >= 15 is 0 Å². The fourth-order valence-electron chi connectivity index (χ4n) is 3.35. The first-order chi connectivity index (χ1) is 14.2. The van der Waals surface area contributed by atoms with Crippen LogP contribution in [-0.2, 0) is 19.6 Å². The average molecular weight is 432 g/mol. The number of methoxy groups -OCH3 is 1. The smallest absolute Gasteiger partial charge is 0.243 e. The summed E-state index contributed by atoms with van der Waals surface area (Å²) in [5, 5.41) is 2.72. The van der Waals surface area contributed by atoms with Crippen molar-refractivity contribution in [2.45, 2.75) is 24.7 Å². The molecule has 1 aliphatic rings. The summed E-state index contributed by atoms with van der Waals surface area (Å²) in [7, 11) is -0.960. The van der Waals surface area contributed by atoms with Crippen molar-refractivity contribution in [1.29, 1.82) is 0 Å². The van der Waals surface area contributed by atoms with Crippen LogP contribution >= 0.6 is 0 Å². The largest absolute Gasteiger partial charge is 0.497 e. The second kappa shape index (κ2) is 8.85. The molecule has 1 heterocycles. The molecule has 0 aliphatic carbocycles. The van der Waals surface area contributed by atoms with Gasteiger partial charge in [-0.2, -0.15) is 4.31 Å². The van der Waals surface area contributed by atoms with Crippen molar-refractivity contribution >= 4 is 33.2 Å². The van der Waals surface area contributed by atoms with Gasteiger partial charge < -0.3 is 15.0 Å². The summed E-state index contributed by atoms with van der Waals surface area (Å²) in [5.41, 5.74) is 2.24. The van der Waals surface area contributed by atoms with Crippen LogP contribution < -0.4 is 15.0 Å². The zero-order chi connectivity index (χ0) is 21.9. The molecule has 0 aromatic heterocycles. The molecule has 0 atom stereocenters. The number of carbonyl (C=O) groups excluding carboxylic acids is 2. The second-order valence-electron chi connectivity index (χ2n) is 7.13. The van der Waals surface area contributed by atoms with E-state index in [1.807, 2.05) is 6.92 Å². The van der Waals surface area contributed by atoms with Crippen LogP contribution in [0.25, 0.3) is 0 Å². The Bertz CT molecular complexity index is 1050. The number of benzene rings is 2. The summed E-state index contributed by atoms with van der Waals surface area (Å²) in [6.45, 7) is 2.23.